The summed E-state index contributed by atoms with van der Waals surface area (Å²) in [6.07, 6.45) is 10.3. The van der Waals surface area contributed by atoms with E-state index >= 15 is 0 Å². The summed E-state index contributed by atoms with van der Waals surface area (Å²) in [5.74, 6) is 0. The monoisotopic (exact) mass is 202 g/mol. The third-order valence-electron chi connectivity index (χ3n) is 2.98. The topological polar surface area (TPSA) is 38.9 Å². The summed E-state index contributed by atoms with van der Waals surface area (Å²) in [6.45, 7) is 0. The molecular weight excluding hydrogens is 184 g/mol. The first-order chi connectivity index (χ1) is 7.38. The van der Waals surface area contributed by atoms with E-state index in [9.17, 15) is 0 Å². The molecule has 1 aliphatic carbocycles. The highest BCUT2D eigenvalue weighted by atomic mass is 14.8. The van der Waals surface area contributed by atoms with E-state index in [1.807, 2.05) is 24.4 Å². The minimum absolute atomic E-state index is 0.00398. The van der Waals surface area contributed by atoms with Gasteiger partial charge in [0.05, 0.1) is 11.7 Å². The van der Waals surface area contributed by atoms with Crippen LogP contribution in [0.5, 0.6) is 0 Å². The highest BCUT2D eigenvalue weighted by Gasteiger charge is 2.13. The second kappa shape index (κ2) is 5.08. The first kappa shape index (κ1) is 10.4. The lowest BCUT2D eigenvalue weighted by Crippen LogP contribution is -2.14. The molecule has 2 heteroatoms. The van der Waals surface area contributed by atoms with Crippen molar-refractivity contribution < 1.29 is 0 Å². The van der Waals surface area contributed by atoms with Crippen molar-refractivity contribution in [3.63, 3.8) is 0 Å². The van der Waals surface area contributed by atoms with Crippen LogP contribution in [0.1, 0.15) is 43.8 Å². The second-order valence-corrected chi connectivity index (χ2v) is 4.11. The molecule has 0 fully saturated rings. The summed E-state index contributed by atoms with van der Waals surface area (Å²) >= 11 is 0. The van der Waals surface area contributed by atoms with Crippen LogP contribution in [0.15, 0.2) is 36.0 Å². The van der Waals surface area contributed by atoms with Crippen molar-refractivity contribution in [2.45, 2.75) is 38.1 Å². The Balaban J connectivity index is 2.13. The molecular formula is C13H18N2. The fourth-order valence-corrected chi connectivity index (χ4v) is 2.07. The molecule has 1 aliphatic rings. The maximum absolute atomic E-state index is 6.21. The summed E-state index contributed by atoms with van der Waals surface area (Å²) in [5, 5.41) is 0. The predicted molar refractivity (Wildman–Crippen MR) is 62.3 cm³/mol. The Labute approximate surface area is 91.2 Å². The molecule has 0 saturated heterocycles. The Kier molecular flexibility index (Phi) is 3.51. The van der Waals surface area contributed by atoms with E-state index in [0.717, 1.165) is 12.1 Å². The van der Waals surface area contributed by atoms with Gasteiger partial charge in [0, 0.05) is 6.20 Å². The Morgan fingerprint density at radius 2 is 2.13 bits per heavy atom. The van der Waals surface area contributed by atoms with Crippen LogP contribution >= 0.6 is 0 Å². The van der Waals surface area contributed by atoms with Crippen molar-refractivity contribution in [2.24, 2.45) is 5.73 Å². The van der Waals surface area contributed by atoms with E-state index in [-0.39, 0.29) is 6.04 Å². The lowest BCUT2D eigenvalue weighted by molar-refractivity contribution is 0.682. The molecule has 0 bridgehead atoms. The van der Waals surface area contributed by atoms with Crippen LogP contribution in [0, 0.1) is 0 Å². The van der Waals surface area contributed by atoms with Crippen molar-refractivity contribution in [3.05, 3.63) is 41.7 Å². The van der Waals surface area contributed by atoms with Crippen molar-refractivity contribution in [3.8, 4) is 0 Å². The Morgan fingerprint density at radius 1 is 1.20 bits per heavy atom. The molecule has 2 N–H and O–H groups in total. The molecule has 0 spiro atoms. The lowest BCUT2D eigenvalue weighted by Gasteiger charge is -2.14. The van der Waals surface area contributed by atoms with Crippen molar-refractivity contribution in [1.29, 1.82) is 0 Å². The van der Waals surface area contributed by atoms with Gasteiger partial charge < -0.3 is 5.73 Å². The summed E-state index contributed by atoms with van der Waals surface area (Å²) in [5.41, 5.74) is 8.57. The zero-order valence-electron chi connectivity index (χ0n) is 9.02. The van der Waals surface area contributed by atoms with Gasteiger partial charge in [-0.2, -0.15) is 0 Å². The standard InChI is InChI=1S/C13H18N2/c14-13(12-9-5-6-10-15-12)11-7-3-1-2-4-8-11/h5-7,9-10,13H,1-4,8,14H2. The number of aromatic nitrogens is 1. The molecule has 0 aliphatic heterocycles. The first-order valence-corrected chi connectivity index (χ1v) is 5.73. The quantitative estimate of drug-likeness (QED) is 0.749. The van der Waals surface area contributed by atoms with Crippen LogP contribution in [0.4, 0.5) is 0 Å². The van der Waals surface area contributed by atoms with Gasteiger partial charge in [0.25, 0.3) is 0 Å². The molecule has 2 rings (SSSR count). The van der Waals surface area contributed by atoms with Crippen LogP contribution in [-0.2, 0) is 0 Å². The molecule has 0 amide bonds. The molecule has 80 valence electrons. The minimum Gasteiger partial charge on any atom is -0.319 e. The molecule has 0 radical (unpaired) electrons. The zero-order valence-corrected chi connectivity index (χ0v) is 9.02. The number of hydrogen-bond donors (Lipinski definition) is 1. The third-order valence-corrected chi connectivity index (χ3v) is 2.98. The van der Waals surface area contributed by atoms with Crippen molar-refractivity contribution >= 4 is 0 Å². The van der Waals surface area contributed by atoms with Gasteiger partial charge in [0.1, 0.15) is 0 Å². The fraction of sp³-hybridized carbons (Fsp3) is 0.462. The number of nitrogens with zero attached hydrogens (tertiary/aromatic N) is 1. The van der Waals surface area contributed by atoms with Crippen LogP contribution < -0.4 is 5.73 Å². The molecule has 1 aromatic heterocycles. The molecule has 1 atom stereocenters. The van der Waals surface area contributed by atoms with Crippen LogP contribution in [-0.4, -0.2) is 4.98 Å². The summed E-state index contributed by atoms with van der Waals surface area (Å²) < 4.78 is 0. The molecule has 1 heterocycles. The first-order valence-electron chi connectivity index (χ1n) is 5.73. The second-order valence-electron chi connectivity index (χ2n) is 4.11. The van der Waals surface area contributed by atoms with Gasteiger partial charge in [-0.05, 0) is 37.8 Å². The molecule has 0 aromatic carbocycles. The maximum Gasteiger partial charge on any atom is 0.0685 e. The van der Waals surface area contributed by atoms with E-state index in [1.165, 1.54) is 31.3 Å². The largest absolute Gasteiger partial charge is 0.319 e. The number of pyridine rings is 1. The highest BCUT2D eigenvalue weighted by Crippen LogP contribution is 2.26. The smallest absolute Gasteiger partial charge is 0.0685 e. The van der Waals surface area contributed by atoms with Crippen LogP contribution in [0.25, 0.3) is 0 Å². The Morgan fingerprint density at radius 3 is 2.93 bits per heavy atom. The van der Waals surface area contributed by atoms with Gasteiger partial charge >= 0.3 is 0 Å². The molecule has 1 unspecified atom stereocenters. The van der Waals surface area contributed by atoms with E-state index in [0.29, 0.717) is 0 Å². The molecule has 1 aromatic rings. The van der Waals surface area contributed by atoms with Crippen molar-refractivity contribution in [2.75, 3.05) is 0 Å². The molecule has 15 heavy (non-hydrogen) atoms. The normalized spacial score (nSPS) is 19.1. The predicted octanol–water partition coefficient (Wildman–Crippen LogP) is 2.97. The van der Waals surface area contributed by atoms with E-state index in [4.69, 9.17) is 5.73 Å². The summed E-state index contributed by atoms with van der Waals surface area (Å²) in [4.78, 5) is 4.32. The number of rotatable bonds is 2. The van der Waals surface area contributed by atoms with Gasteiger partial charge in [0.2, 0.25) is 0 Å². The van der Waals surface area contributed by atoms with Gasteiger partial charge in [-0.25, -0.2) is 0 Å². The van der Waals surface area contributed by atoms with Gasteiger partial charge in [-0.15, -0.1) is 0 Å². The average molecular weight is 202 g/mol. The number of allylic oxidation sites excluding steroid dienone is 1. The summed E-state index contributed by atoms with van der Waals surface area (Å²) in [6, 6.07) is 5.94. The van der Waals surface area contributed by atoms with E-state index < -0.39 is 0 Å². The van der Waals surface area contributed by atoms with E-state index in [1.54, 1.807) is 0 Å². The minimum atomic E-state index is 0.00398. The zero-order chi connectivity index (χ0) is 10.5. The van der Waals surface area contributed by atoms with Gasteiger partial charge in [-0.3, -0.25) is 4.98 Å². The highest BCUT2D eigenvalue weighted by molar-refractivity contribution is 5.22. The molecule has 2 nitrogen and oxygen atoms in total. The van der Waals surface area contributed by atoms with E-state index in [2.05, 4.69) is 11.1 Å². The number of nitrogens with two attached hydrogens (primary N) is 1. The maximum atomic E-state index is 6.21. The third kappa shape index (κ3) is 2.66. The van der Waals surface area contributed by atoms with Crippen LogP contribution in [0.3, 0.4) is 0 Å². The SMILES string of the molecule is NC(C1=CCCCCC1)c1ccccn1. The number of hydrogen-bond acceptors (Lipinski definition) is 2. The Hall–Kier alpha value is -1.15. The fourth-order valence-electron chi connectivity index (χ4n) is 2.07. The summed E-state index contributed by atoms with van der Waals surface area (Å²) in [7, 11) is 0. The van der Waals surface area contributed by atoms with Crippen molar-refractivity contribution in [1.82, 2.24) is 4.98 Å². The van der Waals surface area contributed by atoms with Crippen LogP contribution in [0.2, 0.25) is 0 Å². The average Bonchev–Trinajstić information content (AvgIpc) is 2.58. The van der Waals surface area contributed by atoms with Gasteiger partial charge in [-0.1, -0.05) is 24.1 Å². The lowest BCUT2D eigenvalue weighted by atomic mass is 10.00. The van der Waals surface area contributed by atoms with Gasteiger partial charge in [0.15, 0.2) is 0 Å². The molecule has 0 saturated carbocycles. The Bertz CT molecular complexity index is 330.